The number of hydrogen-bond acceptors (Lipinski definition) is 3. The molecular formula is C23H33ClO3. The number of esters is 1. The zero-order valence-corrected chi connectivity index (χ0v) is 17.8. The summed E-state index contributed by atoms with van der Waals surface area (Å²) in [4.78, 5) is 13.0. The first kappa shape index (κ1) is 20.7. The van der Waals surface area contributed by atoms with Gasteiger partial charge >= 0.3 is 5.97 Å². The van der Waals surface area contributed by atoms with Crippen LogP contribution in [0.5, 0.6) is 0 Å². The summed E-state index contributed by atoms with van der Waals surface area (Å²) >= 11 is 5.64. The number of carbonyl (C=O) groups excluding carboxylic acids is 1. The van der Waals surface area contributed by atoms with Crippen LogP contribution in [-0.2, 0) is 21.4 Å². The normalized spacial score (nSPS) is 31.1. The minimum atomic E-state index is -0.796. The van der Waals surface area contributed by atoms with Gasteiger partial charge in [-0.05, 0) is 66.5 Å². The fraction of sp³-hybridized carbons (Fsp3) is 0.696. The smallest absolute Gasteiger partial charge is 0.312 e. The quantitative estimate of drug-likeness (QED) is 0.568. The van der Waals surface area contributed by atoms with Crippen molar-refractivity contribution in [2.45, 2.75) is 77.2 Å². The van der Waals surface area contributed by atoms with Gasteiger partial charge in [-0.1, -0.05) is 45.4 Å². The Labute approximate surface area is 168 Å². The van der Waals surface area contributed by atoms with Crippen LogP contribution >= 0.6 is 11.6 Å². The van der Waals surface area contributed by atoms with Gasteiger partial charge in [-0.25, -0.2) is 0 Å². The summed E-state index contributed by atoms with van der Waals surface area (Å²) in [7, 11) is 0. The molecule has 0 amide bonds. The van der Waals surface area contributed by atoms with Crippen LogP contribution in [0, 0.1) is 11.3 Å². The first-order valence-corrected chi connectivity index (χ1v) is 10.8. The third-order valence-corrected chi connectivity index (χ3v) is 7.45. The van der Waals surface area contributed by atoms with Gasteiger partial charge in [0.2, 0.25) is 0 Å². The monoisotopic (exact) mass is 392 g/mol. The van der Waals surface area contributed by atoms with E-state index in [0.717, 1.165) is 32.1 Å². The Kier molecular flexibility index (Phi) is 5.93. The van der Waals surface area contributed by atoms with E-state index in [1.54, 1.807) is 0 Å². The number of fused-ring (bicyclic) bond motifs is 3. The fourth-order valence-corrected chi connectivity index (χ4v) is 5.59. The van der Waals surface area contributed by atoms with E-state index in [4.69, 9.17) is 16.3 Å². The molecule has 0 saturated heterocycles. The summed E-state index contributed by atoms with van der Waals surface area (Å²) in [6, 6.07) is 6.95. The maximum atomic E-state index is 13.0. The maximum Gasteiger partial charge on any atom is 0.312 e. The van der Waals surface area contributed by atoms with Gasteiger partial charge < -0.3 is 9.84 Å². The average molecular weight is 393 g/mol. The minimum absolute atomic E-state index is 0.000212. The van der Waals surface area contributed by atoms with Gasteiger partial charge in [0.1, 0.15) is 12.7 Å². The molecule has 4 unspecified atom stereocenters. The Morgan fingerprint density at radius 2 is 2.07 bits per heavy atom. The van der Waals surface area contributed by atoms with E-state index in [2.05, 4.69) is 45.9 Å². The number of aryl methyl sites for hydroxylation is 1. The van der Waals surface area contributed by atoms with Crippen molar-refractivity contribution in [3.05, 3.63) is 34.9 Å². The van der Waals surface area contributed by atoms with E-state index in [0.29, 0.717) is 5.92 Å². The predicted molar refractivity (Wildman–Crippen MR) is 109 cm³/mol. The fourth-order valence-electron chi connectivity index (χ4n) is 5.50. The molecule has 1 aromatic carbocycles. The second-order valence-corrected chi connectivity index (χ2v) is 9.57. The minimum Gasteiger partial charge on any atom is -0.462 e. The Bertz CT molecular complexity index is 701. The van der Waals surface area contributed by atoms with Crippen LogP contribution < -0.4 is 0 Å². The maximum absolute atomic E-state index is 13.0. The lowest BCUT2D eigenvalue weighted by Gasteiger charge is -2.54. The first-order chi connectivity index (χ1) is 12.7. The Hall–Kier alpha value is -1.06. The van der Waals surface area contributed by atoms with Gasteiger partial charge in [0.05, 0.1) is 11.3 Å². The van der Waals surface area contributed by atoms with Crippen molar-refractivity contribution >= 4 is 17.6 Å². The van der Waals surface area contributed by atoms with Gasteiger partial charge in [0.15, 0.2) is 0 Å². The molecule has 1 aromatic rings. The van der Waals surface area contributed by atoms with Crippen molar-refractivity contribution in [2.75, 3.05) is 12.5 Å². The molecule has 0 aliphatic heterocycles. The highest BCUT2D eigenvalue weighted by Crippen LogP contribution is 2.57. The highest BCUT2D eigenvalue weighted by atomic mass is 35.5. The highest BCUT2D eigenvalue weighted by Gasteiger charge is 2.55. The number of halogens is 1. The molecule has 1 fully saturated rings. The number of aliphatic hydroxyl groups excluding tert-OH is 1. The lowest BCUT2D eigenvalue weighted by molar-refractivity contribution is -0.167. The van der Waals surface area contributed by atoms with Gasteiger partial charge in [-0.3, -0.25) is 4.79 Å². The lowest BCUT2D eigenvalue weighted by Crippen LogP contribution is -2.53. The van der Waals surface area contributed by atoms with Gasteiger partial charge in [-0.2, -0.15) is 0 Å². The number of rotatable bonds is 5. The van der Waals surface area contributed by atoms with Crippen molar-refractivity contribution in [3.63, 3.8) is 0 Å². The van der Waals surface area contributed by atoms with Crippen LogP contribution in [0.1, 0.15) is 76.0 Å². The summed E-state index contributed by atoms with van der Waals surface area (Å²) in [5.41, 5.74) is 3.76. The topological polar surface area (TPSA) is 46.5 Å². The van der Waals surface area contributed by atoms with Crippen molar-refractivity contribution in [3.8, 4) is 0 Å². The molecule has 3 rings (SSSR count). The molecule has 27 heavy (non-hydrogen) atoms. The molecule has 4 heteroatoms. The largest absolute Gasteiger partial charge is 0.462 e. The first-order valence-electron chi connectivity index (χ1n) is 10.3. The summed E-state index contributed by atoms with van der Waals surface area (Å²) in [6.07, 6.45) is 4.21. The van der Waals surface area contributed by atoms with Crippen molar-refractivity contribution < 1.29 is 14.6 Å². The summed E-state index contributed by atoms with van der Waals surface area (Å²) in [6.45, 7) is 8.85. The molecule has 2 aliphatic rings. The second kappa shape index (κ2) is 7.75. The number of carbonyl (C=O) groups is 1. The molecule has 1 saturated carbocycles. The molecule has 0 aromatic heterocycles. The Balaban J connectivity index is 1.90. The number of benzene rings is 1. The van der Waals surface area contributed by atoms with Crippen molar-refractivity contribution in [1.82, 2.24) is 0 Å². The Morgan fingerprint density at radius 3 is 2.74 bits per heavy atom. The summed E-state index contributed by atoms with van der Waals surface area (Å²) < 4.78 is 5.50. The molecule has 3 nitrogen and oxygen atoms in total. The molecule has 0 bridgehead atoms. The molecule has 2 aliphatic carbocycles. The molecule has 150 valence electrons. The molecule has 4 atom stereocenters. The van der Waals surface area contributed by atoms with E-state index >= 15 is 0 Å². The summed E-state index contributed by atoms with van der Waals surface area (Å²) in [5, 5.41) is 9.66. The highest BCUT2D eigenvalue weighted by molar-refractivity contribution is 6.18. The van der Waals surface area contributed by atoms with Crippen LogP contribution in [0.15, 0.2) is 18.2 Å². The van der Waals surface area contributed by atoms with E-state index in [-0.39, 0.29) is 29.8 Å². The third-order valence-electron chi connectivity index (χ3n) is 7.10. The SMILES string of the molecule is CC(C)c1ccc2c(c1)CCC1C(C)(C(=O)OCC(O)CCl)CCCC21C. The second-order valence-electron chi connectivity index (χ2n) is 9.26. The predicted octanol–water partition coefficient (Wildman–Crippen LogP) is 4.96. The van der Waals surface area contributed by atoms with Gasteiger partial charge in [0.25, 0.3) is 0 Å². The van der Waals surface area contributed by atoms with Crippen LogP contribution in [0.4, 0.5) is 0 Å². The summed E-state index contributed by atoms with van der Waals surface area (Å²) in [5.74, 6) is 0.693. The van der Waals surface area contributed by atoms with E-state index in [1.807, 2.05) is 0 Å². The van der Waals surface area contributed by atoms with Crippen LogP contribution in [-0.4, -0.2) is 29.7 Å². The molecule has 0 radical (unpaired) electrons. The zero-order chi connectivity index (χ0) is 19.8. The third kappa shape index (κ3) is 3.65. The van der Waals surface area contributed by atoms with Crippen LogP contribution in [0.25, 0.3) is 0 Å². The van der Waals surface area contributed by atoms with Crippen molar-refractivity contribution in [2.24, 2.45) is 11.3 Å². The number of alkyl halides is 1. The van der Waals surface area contributed by atoms with Crippen LogP contribution in [0.2, 0.25) is 0 Å². The number of aliphatic hydroxyl groups is 1. The van der Waals surface area contributed by atoms with Gasteiger partial charge in [0, 0.05) is 0 Å². The zero-order valence-electron chi connectivity index (χ0n) is 17.1. The molecule has 0 heterocycles. The standard InChI is InChI=1S/C23H33ClO3/c1-15(2)16-6-8-19-17(12-16)7-9-20-22(19,3)10-5-11-23(20,4)21(26)27-14-18(25)13-24/h6,8,12,15,18,20,25H,5,7,9-11,13-14H2,1-4H3. The average Bonchev–Trinajstić information content (AvgIpc) is 2.65. The van der Waals surface area contributed by atoms with Crippen LogP contribution in [0.3, 0.4) is 0 Å². The molecule has 0 spiro atoms. The van der Waals surface area contributed by atoms with Crippen molar-refractivity contribution in [1.29, 1.82) is 0 Å². The van der Waals surface area contributed by atoms with E-state index in [1.165, 1.54) is 16.7 Å². The van der Waals surface area contributed by atoms with E-state index < -0.39 is 11.5 Å². The lowest BCUT2D eigenvalue weighted by atomic mass is 9.49. The van der Waals surface area contributed by atoms with Gasteiger partial charge in [-0.15, -0.1) is 11.6 Å². The Morgan fingerprint density at radius 1 is 1.33 bits per heavy atom. The molecule has 1 N–H and O–H groups in total. The molecular weight excluding hydrogens is 360 g/mol. The number of hydrogen-bond donors (Lipinski definition) is 1. The number of ether oxygens (including phenoxy) is 1. The van der Waals surface area contributed by atoms with E-state index in [9.17, 15) is 9.90 Å².